The van der Waals surface area contributed by atoms with Crippen LogP contribution in [-0.4, -0.2) is 44.4 Å². The molecular formula is C48H51F5N6O6. The molecule has 0 unspecified atom stereocenters. The molecule has 2 aliphatic rings. The number of nitrogens with zero attached hydrogens (tertiary/aromatic N) is 2. The van der Waals surface area contributed by atoms with Gasteiger partial charge in [0.1, 0.15) is 16.8 Å². The highest BCUT2D eigenvalue weighted by Gasteiger charge is 2.30. The van der Waals surface area contributed by atoms with E-state index in [2.05, 4.69) is 29.6 Å². The van der Waals surface area contributed by atoms with Gasteiger partial charge in [0.2, 0.25) is 10.9 Å². The van der Waals surface area contributed by atoms with Crippen molar-refractivity contribution in [3.8, 4) is 0 Å². The zero-order valence-electron chi connectivity index (χ0n) is 35.5. The van der Waals surface area contributed by atoms with Crippen LogP contribution in [0.25, 0.3) is 21.8 Å². The summed E-state index contributed by atoms with van der Waals surface area (Å²) in [5.41, 5.74) is 13.5. The maximum Gasteiger partial charge on any atom is 0.341 e. The number of hydrogen-bond acceptors (Lipinski definition) is 8. The van der Waals surface area contributed by atoms with Gasteiger partial charge in [-0.15, -0.1) is 0 Å². The van der Waals surface area contributed by atoms with E-state index in [4.69, 9.17) is 22.3 Å². The topological polar surface area (TPSA) is 209 Å². The minimum Gasteiger partial charge on any atom is -0.477 e. The maximum absolute atomic E-state index is 15.6. The maximum atomic E-state index is 15.6. The number of halogens is 5. The Hall–Kier alpha value is -6.75. The summed E-state index contributed by atoms with van der Waals surface area (Å²) in [7, 11) is 0. The Balaban J connectivity index is 0.000000184. The highest BCUT2D eigenvalue weighted by molar-refractivity contribution is 6.00. The molecule has 0 bridgehead atoms. The van der Waals surface area contributed by atoms with Crippen LogP contribution in [0.1, 0.15) is 108 Å². The molecule has 9 N–H and O–H groups in total. The largest absolute Gasteiger partial charge is 0.477 e. The minimum atomic E-state index is -1.77. The van der Waals surface area contributed by atoms with Crippen LogP contribution in [0.15, 0.2) is 82.6 Å². The van der Waals surface area contributed by atoms with Gasteiger partial charge in [-0.3, -0.25) is 9.59 Å². The van der Waals surface area contributed by atoms with E-state index in [1.165, 1.54) is 20.9 Å². The standard InChI is InChI=1S/C24H25F2N3O3.C15H13F3N2O3.C9H13N/c25-18-20(27)17-22(19(26)21(18)28-12-6-9-14-7-2-1-3-8-14)29(15-10-4-5-11-15)13-16(23(17)30)24(31)32;16-9-10(17)12(19)8-13(11(9)18)20(6-3-1-2-4-6)5-7(14(8)21)15(22)23;10-8-4-7-9-5-2-1-3-6-9/h1-3,7-8,13,15,28H,4-6,9-12,27H2,(H,31,32);5-6H,1-4,19H2,(H,22,23);1-3,5-6H,4,7-8,10H2. The van der Waals surface area contributed by atoms with E-state index in [0.717, 1.165) is 63.3 Å². The Morgan fingerprint density at radius 3 is 1.45 bits per heavy atom. The molecule has 0 amide bonds. The number of carbonyl (C=O) groups is 2. The number of aromatic carboxylic acids is 2. The molecule has 344 valence electrons. The second-order valence-electron chi connectivity index (χ2n) is 16.2. The summed E-state index contributed by atoms with van der Waals surface area (Å²) in [5, 5.41) is 20.4. The Kier molecular flexibility index (Phi) is 15.6. The predicted octanol–water partition coefficient (Wildman–Crippen LogP) is 9.11. The Morgan fingerprint density at radius 2 is 1.02 bits per heavy atom. The normalized spacial score (nSPS) is 13.9. The van der Waals surface area contributed by atoms with Crippen molar-refractivity contribution in [3.63, 3.8) is 0 Å². The summed E-state index contributed by atoms with van der Waals surface area (Å²) in [5.74, 6) is -9.98. The predicted molar refractivity (Wildman–Crippen MR) is 241 cm³/mol. The van der Waals surface area contributed by atoms with Crippen molar-refractivity contribution in [1.82, 2.24) is 9.13 Å². The van der Waals surface area contributed by atoms with E-state index >= 15 is 8.78 Å². The van der Waals surface area contributed by atoms with Crippen molar-refractivity contribution < 1.29 is 41.8 Å². The van der Waals surface area contributed by atoms with Crippen molar-refractivity contribution in [1.29, 1.82) is 0 Å². The number of benzene rings is 4. The summed E-state index contributed by atoms with van der Waals surface area (Å²) < 4.78 is 75.1. The number of pyridine rings is 2. The molecule has 0 saturated heterocycles. The SMILES string of the molecule is NCCCc1ccccc1.Nc1c(F)c(F)c(F)c2c1c(=O)c(C(=O)O)cn2C1CCCC1.Nc1c(F)c(NCCCc2ccccc2)c(F)c2c1c(=O)c(C(=O)O)cn2C1CCCC1. The third kappa shape index (κ3) is 10.3. The van der Waals surface area contributed by atoms with Crippen LogP contribution in [0.4, 0.5) is 39.0 Å². The average Bonchev–Trinajstić information content (AvgIpc) is 4.06. The third-order valence-electron chi connectivity index (χ3n) is 11.9. The fourth-order valence-electron chi connectivity index (χ4n) is 8.60. The lowest BCUT2D eigenvalue weighted by atomic mass is 10.0. The highest BCUT2D eigenvalue weighted by Crippen LogP contribution is 2.38. The third-order valence-corrected chi connectivity index (χ3v) is 11.9. The van der Waals surface area contributed by atoms with Gasteiger partial charge < -0.3 is 41.9 Å². The number of nitrogens with two attached hydrogens (primary N) is 3. The van der Waals surface area contributed by atoms with Gasteiger partial charge in [0.25, 0.3) is 0 Å². The summed E-state index contributed by atoms with van der Waals surface area (Å²) >= 11 is 0. The first-order valence-corrected chi connectivity index (χ1v) is 21.5. The van der Waals surface area contributed by atoms with Crippen molar-refractivity contribution in [2.45, 2.75) is 89.1 Å². The lowest BCUT2D eigenvalue weighted by Crippen LogP contribution is -2.23. The lowest BCUT2D eigenvalue weighted by molar-refractivity contribution is 0.0683. The number of carboxylic acid groups (broad SMARTS) is 2. The molecule has 0 aliphatic heterocycles. The quantitative estimate of drug-likeness (QED) is 0.0297. The number of nitrogens with one attached hydrogen (secondary N) is 1. The van der Waals surface area contributed by atoms with Crippen molar-refractivity contribution in [2.24, 2.45) is 5.73 Å². The summed E-state index contributed by atoms with van der Waals surface area (Å²) in [6, 6.07) is 19.7. The van der Waals surface area contributed by atoms with Crippen molar-refractivity contribution in [2.75, 3.05) is 29.9 Å². The van der Waals surface area contributed by atoms with E-state index in [-0.39, 0.29) is 17.6 Å². The molecule has 8 rings (SSSR count). The number of aromatic nitrogens is 2. The van der Waals surface area contributed by atoms with Crippen LogP contribution >= 0.6 is 0 Å². The van der Waals surface area contributed by atoms with Gasteiger partial charge in [-0.05, 0) is 69.0 Å². The molecule has 2 aliphatic carbocycles. The van der Waals surface area contributed by atoms with E-state index in [1.807, 2.05) is 36.4 Å². The second-order valence-corrected chi connectivity index (χ2v) is 16.2. The molecule has 17 heteroatoms. The number of anilines is 3. The molecule has 2 fully saturated rings. The van der Waals surface area contributed by atoms with Gasteiger partial charge in [0, 0.05) is 31.0 Å². The van der Waals surface area contributed by atoms with E-state index in [0.29, 0.717) is 38.6 Å². The van der Waals surface area contributed by atoms with Gasteiger partial charge in [-0.1, -0.05) is 86.3 Å². The Bertz CT molecular complexity index is 2810. The van der Waals surface area contributed by atoms with Gasteiger partial charge in [-0.25, -0.2) is 31.5 Å². The first kappa shape index (κ1) is 47.7. The van der Waals surface area contributed by atoms with Crippen LogP contribution in [0, 0.1) is 29.1 Å². The molecule has 0 spiro atoms. The Labute approximate surface area is 370 Å². The molecule has 2 aromatic heterocycles. The second kappa shape index (κ2) is 21.3. The fourth-order valence-corrected chi connectivity index (χ4v) is 8.60. The lowest BCUT2D eigenvalue weighted by Gasteiger charge is -2.22. The zero-order valence-corrected chi connectivity index (χ0v) is 35.5. The fraction of sp³-hybridized carbons (Fsp3) is 0.333. The van der Waals surface area contributed by atoms with Gasteiger partial charge >= 0.3 is 11.9 Å². The smallest absolute Gasteiger partial charge is 0.341 e. The first-order valence-electron chi connectivity index (χ1n) is 21.5. The molecule has 12 nitrogen and oxygen atoms in total. The summed E-state index contributed by atoms with van der Waals surface area (Å²) in [6.07, 6.45) is 11.9. The van der Waals surface area contributed by atoms with Crippen LogP contribution < -0.4 is 33.4 Å². The average molecular weight is 903 g/mol. The zero-order chi connectivity index (χ0) is 46.9. The molecule has 0 atom stereocenters. The highest BCUT2D eigenvalue weighted by atomic mass is 19.2. The minimum absolute atomic E-state index is 0.142. The number of carboxylic acids is 2. The first-order chi connectivity index (χ1) is 31.2. The van der Waals surface area contributed by atoms with Crippen LogP contribution in [0.5, 0.6) is 0 Å². The number of fused-ring (bicyclic) bond motifs is 2. The molecule has 0 radical (unpaired) electrons. The van der Waals surface area contributed by atoms with E-state index in [1.54, 1.807) is 0 Å². The molecule has 2 heterocycles. The number of aryl methyl sites for hydroxylation is 2. The van der Waals surface area contributed by atoms with Crippen molar-refractivity contribution >= 4 is 50.8 Å². The Morgan fingerprint density at radius 1 is 0.600 bits per heavy atom. The van der Waals surface area contributed by atoms with Gasteiger partial charge in [0.05, 0.1) is 33.2 Å². The molecule has 4 aromatic carbocycles. The number of nitrogen functional groups attached to an aromatic ring is 2. The van der Waals surface area contributed by atoms with Crippen LogP contribution in [-0.2, 0) is 12.8 Å². The van der Waals surface area contributed by atoms with Crippen molar-refractivity contribution in [3.05, 3.63) is 145 Å². The van der Waals surface area contributed by atoms with Crippen LogP contribution in [0.2, 0.25) is 0 Å². The summed E-state index contributed by atoms with van der Waals surface area (Å²) in [6.45, 7) is 1.09. The molecule has 2 saturated carbocycles. The number of rotatable bonds is 12. The van der Waals surface area contributed by atoms with E-state index in [9.17, 15) is 37.5 Å². The van der Waals surface area contributed by atoms with Crippen LogP contribution in [0.3, 0.4) is 0 Å². The van der Waals surface area contributed by atoms with Gasteiger partial charge in [0.15, 0.2) is 29.1 Å². The molecule has 6 aromatic rings. The monoisotopic (exact) mass is 902 g/mol. The molecule has 65 heavy (non-hydrogen) atoms. The van der Waals surface area contributed by atoms with E-state index < -0.39 is 96.4 Å². The molecular weight excluding hydrogens is 852 g/mol. The summed E-state index contributed by atoms with van der Waals surface area (Å²) in [4.78, 5) is 47.9. The van der Waals surface area contributed by atoms with Gasteiger partial charge in [-0.2, -0.15) is 0 Å². The number of hydrogen-bond donors (Lipinski definition) is 6.